The Morgan fingerprint density at radius 1 is 1.00 bits per heavy atom. The molecule has 0 bridgehead atoms. The lowest BCUT2D eigenvalue weighted by atomic mass is 9.92. The summed E-state index contributed by atoms with van der Waals surface area (Å²) < 4.78 is 10.8. The van der Waals surface area contributed by atoms with Gasteiger partial charge in [-0.2, -0.15) is 0 Å². The van der Waals surface area contributed by atoms with Gasteiger partial charge in [0.2, 0.25) is 0 Å². The minimum absolute atomic E-state index is 0.402. The Morgan fingerprint density at radius 2 is 1.57 bits per heavy atom. The Labute approximate surface area is 137 Å². The van der Waals surface area contributed by atoms with Gasteiger partial charge < -0.3 is 20.3 Å². The zero-order valence-electron chi connectivity index (χ0n) is 13.6. The molecule has 3 rings (SSSR count). The van der Waals surface area contributed by atoms with E-state index in [4.69, 9.17) is 15.2 Å². The normalized spacial score (nSPS) is 25.0. The van der Waals surface area contributed by atoms with Gasteiger partial charge in [-0.25, -0.2) is 0 Å². The van der Waals surface area contributed by atoms with Gasteiger partial charge in [-0.3, -0.25) is 9.80 Å². The molecule has 6 heteroatoms. The van der Waals surface area contributed by atoms with Gasteiger partial charge in [0.05, 0.1) is 32.5 Å². The molecule has 2 saturated heterocycles. The van der Waals surface area contributed by atoms with Crippen molar-refractivity contribution in [2.45, 2.75) is 11.8 Å². The van der Waals surface area contributed by atoms with E-state index in [1.165, 1.54) is 0 Å². The highest BCUT2D eigenvalue weighted by Gasteiger charge is 2.43. The van der Waals surface area contributed by atoms with Crippen molar-refractivity contribution in [1.82, 2.24) is 9.80 Å². The first-order valence-electron chi connectivity index (χ1n) is 8.37. The number of ether oxygens (including phenoxy) is 2. The fraction of sp³-hybridized carbons (Fsp3) is 0.647. The number of hydrogen-bond acceptors (Lipinski definition) is 6. The SMILES string of the molecule is N[C@H](CN1CCOCC1)[C@](O)(c1ccccc1)N1CCOCC1. The van der Waals surface area contributed by atoms with Crippen molar-refractivity contribution in [1.29, 1.82) is 0 Å². The molecule has 0 unspecified atom stereocenters. The molecule has 2 aliphatic rings. The van der Waals surface area contributed by atoms with E-state index in [-0.39, 0.29) is 0 Å². The van der Waals surface area contributed by atoms with Crippen LogP contribution in [0.5, 0.6) is 0 Å². The third kappa shape index (κ3) is 3.74. The molecule has 6 nitrogen and oxygen atoms in total. The lowest BCUT2D eigenvalue weighted by Gasteiger charge is -2.46. The van der Waals surface area contributed by atoms with Gasteiger partial charge in [0.1, 0.15) is 0 Å². The highest BCUT2D eigenvalue weighted by atomic mass is 16.5. The average Bonchev–Trinajstić information content (AvgIpc) is 2.63. The summed E-state index contributed by atoms with van der Waals surface area (Å²) in [6.07, 6.45) is 0. The minimum atomic E-state index is -1.18. The fourth-order valence-corrected chi connectivity index (χ4v) is 3.41. The van der Waals surface area contributed by atoms with Crippen molar-refractivity contribution in [3.63, 3.8) is 0 Å². The van der Waals surface area contributed by atoms with E-state index in [0.29, 0.717) is 32.8 Å². The summed E-state index contributed by atoms with van der Waals surface area (Å²) in [5.74, 6) is 0. The Morgan fingerprint density at radius 3 is 2.17 bits per heavy atom. The van der Waals surface area contributed by atoms with Crippen LogP contribution in [0.2, 0.25) is 0 Å². The second-order valence-electron chi connectivity index (χ2n) is 6.21. The van der Waals surface area contributed by atoms with Gasteiger partial charge in [0.25, 0.3) is 0 Å². The second-order valence-corrected chi connectivity index (χ2v) is 6.21. The molecular formula is C17H27N3O3. The van der Waals surface area contributed by atoms with E-state index in [9.17, 15) is 5.11 Å². The summed E-state index contributed by atoms with van der Waals surface area (Å²) >= 11 is 0. The predicted molar refractivity (Wildman–Crippen MR) is 88.0 cm³/mol. The first kappa shape index (κ1) is 16.8. The van der Waals surface area contributed by atoms with Crippen LogP contribution >= 0.6 is 0 Å². The predicted octanol–water partition coefficient (Wildman–Crippen LogP) is -0.177. The molecule has 0 saturated carbocycles. The summed E-state index contributed by atoms with van der Waals surface area (Å²) in [6.45, 7) is 6.45. The zero-order chi connectivity index (χ0) is 16.1. The Hall–Kier alpha value is -1.02. The van der Waals surface area contributed by atoms with Gasteiger partial charge in [-0.15, -0.1) is 0 Å². The van der Waals surface area contributed by atoms with Crippen molar-refractivity contribution < 1.29 is 14.6 Å². The molecule has 2 heterocycles. The lowest BCUT2D eigenvalue weighted by Crippen LogP contribution is -2.63. The number of benzene rings is 1. The molecule has 23 heavy (non-hydrogen) atoms. The van der Waals surface area contributed by atoms with Gasteiger partial charge in [-0.1, -0.05) is 30.3 Å². The van der Waals surface area contributed by atoms with Crippen molar-refractivity contribution in [3.05, 3.63) is 35.9 Å². The van der Waals surface area contributed by atoms with Crippen LogP contribution in [-0.4, -0.2) is 80.1 Å². The number of rotatable bonds is 5. The Kier molecular flexibility index (Phi) is 5.63. The third-order valence-electron chi connectivity index (χ3n) is 4.77. The van der Waals surface area contributed by atoms with Gasteiger partial charge in [-0.05, 0) is 0 Å². The molecule has 2 fully saturated rings. The monoisotopic (exact) mass is 321 g/mol. The molecule has 0 aliphatic carbocycles. The van der Waals surface area contributed by atoms with Crippen molar-refractivity contribution in [3.8, 4) is 0 Å². The first-order chi connectivity index (χ1) is 11.2. The highest BCUT2D eigenvalue weighted by Crippen LogP contribution is 2.30. The number of aliphatic hydroxyl groups is 1. The number of morpholine rings is 2. The fourth-order valence-electron chi connectivity index (χ4n) is 3.41. The van der Waals surface area contributed by atoms with E-state index < -0.39 is 11.8 Å². The molecule has 0 amide bonds. The van der Waals surface area contributed by atoms with Crippen molar-refractivity contribution in [2.75, 3.05) is 59.2 Å². The number of nitrogens with two attached hydrogens (primary N) is 1. The average molecular weight is 321 g/mol. The summed E-state index contributed by atoms with van der Waals surface area (Å²) in [6, 6.07) is 9.35. The molecule has 0 aromatic heterocycles. The first-order valence-corrected chi connectivity index (χ1v) is 8.37. The Bertz CT molecular complexity index is 475. The van der Waals surface area contributed by atoms with Crippen LogP contribution in [0.4, 0.5) is 0 Å². The third-order valence-corrected chi connectivity index (χ3v) is 4.77. The lowest BCUT2D eigenvalue weighted by molar-refractivity contribution is -0.166. The van der Waals surface area contributed by atoms with Crippen LogP contribution in [0.25, 0.3) is 0 Å². The van der Waals surface area contributed by atoms with Crippen LogP contribution in [-0.2, 0) is 15.2 Å². The van der Waals surface area contributed by atoms with Crippen molar-refractivity contribution >= 4 is 0 Å². The molecule has 2 aliphatic heterocycles. The van der Waals surface area contributed by atoms with Crippen LogP contribution in [0, 0.1) is 0 Å². The summed E-state index contributed by atoms with van der Waals surface area (Å²) in [5.41, 5.74) is 6.20. The zero-order valence-corrected chi connectivity index (χ0v) is 13.6. The van der Waals surface area contributed by atoms with Gasteiger partial charge in [0, 0.05) is 38.3 Å². The quantitative estimate of drug-likeness (QED) is 0.784. The molecule has 1 aromatic rings. The minimum Gasteiger partial charge on any atom is -0.379 e. The summed E-state index contributed by atoms with van der Waals surface area (Å²) in [7, 11) is 0. The second kappa shape index (κ2) is 7.70. The molecule has 0 radical (unpaired) electrons. The molecule has 1 aromatic carbocycles. The standard InChI is InChI=1S/C17H27N3O3/c18-16(14-19-6-10-22-11-7-19)17(21,15-4-2-1-3-5-15)20-8-12-23-13-9-20/h1-5,16,21H,6-14,18H2/t16-,17-/m1/s1. The largest absolute Gasteiger partial charge is 0.379 e. The number of nitrogens with zero attached hydrogens (tertiary/aromatic N) is 2. The molecule has 3 N–H and O–H groups in total. The van der Waals surface area contributed by atoms with Crippen LogP contribution in [0.1, 0.15) is 5.56 Å². The van der Waals surface area contributed by atoms with E-state index in [1.54, 1.807) is 0 Å². The summed E-state index contributed by atoms with van der Waals surface area (Å²) in [5, 5.41) is 11.6. The maximum Gasteiger partial charge on any atom is 0.161 e. The summed E-state index contributed by atoms with van der Waals surface area (Å²) in [4.78, 5) is 4.32. The molecule has 2 atom stereocenters. The smallest absolute Gasteiger partial charge is 0.161 e. The molecule has 128 valence electrons. The molecule has 0 spiro atoms. The van der Waals surface area contributed by atoms with Crippen LogP contribution < -0.4 is 5.73 Å². The van der Waals surface area contributed by atoms with Crippen LogP contribution in [0.15, 0.2) is 30.3 Å². The highest BCUT2D eigenvalue weighted by molar-refractivity contribution is 5.24. The van der Waals surface area contributed by atoms with E-state index >= 15 is 0 Å². The topological polar surface area (TPSA) is 71.2 Å². The Balaban J connectivity index is 1.81. The number of hydrogen-bond donors (Lipinski definition) is 2. The maximum absolute atomic E-state index is 11.6. The van der Waals surface area contributed by atoms with Crippen LogP contribution in [0.3, 0.4) is 0 Å². The van der Waals surface area contributed by atoms with E-state index in [2.05, 4.69) is 9.80 Å². The van der Waals surface area contributed by atoms with E-state index in [0.717, 1.165) is 31.9 Å². The maximum atomic E-state index is 11.6. The van der Waals surface area contributed by atoms with E-state index in [1.807, 2.05) is 30.3 Å². The van der Waals surface area contributed by atoms with Gasteiger partial charge in [0.15, 0.2) is 5.72 Å². The van der Waals surface area contributed by atoms with Gasteiger partial charge >= 0.3 is 0 Å². The molecular weight excluding hydrogens is 294 g/mol. The van der Waals surface area contributed by atoms with Crippen molar-refractivity contribution in [2.24, 2.45) is 5.73 Å².